The minimum Gasteiger partial charge on any atom is -0.335 e. The maximum absolute atomic E-state index is 12.9. The van der Waals surface area contributed by atoms with Crippen LogP contribution in [-0.2, 0) is 13.0 Å². The molecule has 3 aliphatic rings. The van der Waals surface area contributed by atoms with Crippen molar-refractivity contribution >= 4 is 5.91 Å². The number of nitrogens with zero attached hydrogens (tertiary/aromatic N) is 4. The molecule has 0 aliphatic carbocycles. The Morgan fingerprint density at radius 3 is 2.78 bits per heavy atom. The molecule has 1 N–H and O–H groups in total. The smallest absolute Gasteiger partial charge is 0.272 e. The molecule has 2 unspecified atom stereocenters. The van der Waals surface area contributed by atoms with Gasteiger partial charge in [0.15, 0.2) is 0 Å². The number of nitrogens with one attached hydrogen (secondary N) is 1. The molecule has 6 nitrogen and oxygen atoms in total. The molecule has 4 heterocycles. The van der Waals surface area contributed by atoms with Crippen LogP contribution in [0.5, 0.6) is 0 Å². The van der Waals surface area contributed by atoms with Crippen LogP contribution in [0.25, 0.3) is 0 Å². The highest BCUT2D eigenvalue weighted by atomic mass is 16.2. The molecule has 2 saturated heterocycles. The Hall–Kier alpha value is -1.40. The quantitative estimate of drug-likeness (QED) is 0.867. The van der Waals surface area contributed by atoms with E-state index < -0.39 is 0 Å². The average Bonchev–Trinajstić information content (AvgIpc) is 3.23. The van der Waals surface area contributed by atoms with Gasteiger partial charge in [-0.05, 0) is 25.3 Å². The van der Waals surface area contributed by atoms with Gasteiger partial charge in [-0.15, -0.1) is 0 Å². The summed E-state index contributed by atoms with van der Waals surface area (Å²) in [6.07, 6.45) is 5.17. The number of rotatable bonds is 2. The zero-order valence-corrected chi connectivity index (χ0v) is 14.0. The molecule has 2 fully saturated rings. The lowest BCUT2D eigenvalue weighted by atomic mass is 10.0. The molecule has 0 saturated carbocycles. The van der Waals surface area contributed by atoms with Gasteiger partial charge >= 0.3 is 0 Å². The summed E-state index contributed by atoms with van der Waals surface area (Å²) in [5.74, 6) is 1.93. The predicted molar refractivity (Wildman–Crippen MR) is 88.5 cm³/mol. The minimum atomic E-state index is 0.169. The fourth-order valence-corrected chi connectivity index (χ4v) is 4.16. The second-order valence-electron chi connectivity index (χ2n) is 7.28. The van der Waals surface area contributed by atoms with Crippen molar-refractivity contribution in [3.05, 3.63) is 17.7 Å². The van der Waals surface area contributed by atoms with Gasteiger partial charge in [0.25, 0.3) is 5.91 Å². The third-order valence-corrected chi connectivity index (χ3v) is 5.69. The highest BCUT2D eigenvalue weighted by Crippen LogP contribution is 2.22. The Balaban J connectivity index is 1.40. The summed E-state index contributed by atoms with van der Waals surface area (Å²) in [4.78, 5) is 21.9. The molecule has 0 aromatic carbocycles. The van der Waals surface area contributed by atoms with Gasteiger partial charge in [-0.1, -0.05) is 6.92 Å². The van der Waals surface area contributed by atoms with E-state index in [0.29, 0.717) is 12.0 Å². The van der Waals surface area contributed by atoms with E-state index >= 15 is 0 Å². The van der Waals surface area contributed by atoms with E-state index in [4.69, 9.17) is 0 Å². The summed E-state index contributed by atoms with van der Waals surface area (Å²) < 4.78 is 2.15. The summed E-state index contributed by atoms with van der Waals surface area (Å²) >= 11 is 0. The van der Waals surface area contributed by atoms with Crippen molar-refractivity contribution in [2.24, 2.45) is 5.92 Å². The van der Waals surface area contributed by atoms with Crippen LogP contribution in [-0.4, -0.2) is 70.6 Å². The lowest BCUT2D eigenvalue weighted by Gasteiger charge is -2.37. The van der Waals surface area contributed by atoms with Crippen LogP contribution in [0.3, 0.4) is 0 Å². The number of aromatic nitrogens is 2. The number of carbonyl (C=O) groups excluding carboxylic acids is 1. The number of fused-ring (bicyclic) bond motifs is 1. The lowest BCUT2D eigenvalue weighted by molar-refractivity contribution is 0.0572. The van der Waals surface area contributed by atoms with E-state index in [9.17, 15) is 4.79 Å². The van der Waals surface area contributed by atoms with Crippen LogP contribution in [0.2, 0.25) is 0 Å². The predicted octanol–water partition coefficient (Wildman–Crippen LogP) is 0.585. The fraction of sp³-hybridized carbons (Fsp3) is 0.765. The van der Waals surface area contributed by atoms with Crippen molar-refractivity contribution in [1.82, 2.24) is 24.7 Å². The van der Waals surface area contributed by atoms with Gasteiger partial charge in [0.2, 0.25) is 0 Å². The maximum atomic E-state index is 12.9. The van der Waals surface area contributed by atoms with Crippen molar-refractivity contribution in [3.8, 4) is 0 Å². The minimum absolute atomic E-state index is 0.169. The molecule has 0 bridgehead atoms. The van der Waals surface area contributed by atoms with E-state index in [0.717, 1.165) is 70.2 Å². The fourth-order valence-electron chi connectivity index (χ4n) is 4.16. The van der Waals surface area contributed by atoms with Gasteiger partial charge in [-0.3, -0.25) is 9.69 Å². The van der Waals surface area contributed by atoms with Gasteiger partial charge in [-0.25, -0.2) is 4.98 Å². The second-order valence-corrected chi connectivity index (χ2v) is 7.28. The van der Waals surface area contributed by atoms with Crippen molar-refractivity contribution in [3.63, 3.8) is 0 Å². The zero-order chi connectivity index (χ0) is 15.8. The standard InChI is InChI=1S/C17H27N5O/c1-13-3-5-22-15(12-19-16(22)10-13)17(23)21-8-6-20(7-9-21)14-2-4-18-11-14/h12-14,18H,2-11H2,1H3. The lowest BCUT2D eigenvalue weighted by Crippen LogP contribution is -2.52. The van der Waals surface area contributed by atoms with Crippen LogP contribution >= 0.6 is 0 Å². The Labute approximate surface area is 137 Å². The molecule has 0 spiro atoms. The third kappa shape index (κ3) is 2.90. The molecular weight excluding hydrogens is 290 g/mol. The van der Waals surface area contributed by atoms with Crippen molar-refractivity contribution < 1.29 is 4.79 Å². The monoisotopic (exact) mass is 317 g/mol. The molecule has 2 atom stereocenters. The number of hydrogen-bond donors (Lipinski definition) is 1. The maximum Gasteiger partial charge on any atom is 0.272 e. The Kier molecular flexibility index (Phi) is 4.11. The molecule has 6 heteroatoms. The molecular formula is C17H27N5O. The van der Waals surface area contributed by atoms with E-state index in [1.807, 2.05) is 4.90 Å². The highest BCUT2D eigenvalue weighted by molar-refractivity contribution is 5.92. The molecule has 1 aromatic rings. The van der Waals surface area contributed by atoms with Crippen molar-refractivity contribution in [1.29, 1.82) is 0 Å². The van der Waals surface area contributed by atoms with E-state index in [-0.39, 0.29) is 5.91 Å². The molecule has 126 valence electrons. The van der Waals surface area contributed by atoms with Gasteiger partial charge < -0.3 is 14.8 Å². The summed E-state index contributed by atoms with van der Waals surface area (Å²) in [6.45, 7) is 9.10. The van der Waals surface area contributed by atoms with E-state index in [1.165, 1.54) is 6.42 Å². The molecule has 23 heavy (non-hydrogen) atoms. The molecule has 1 amide bonds. The molecule has 0 radical (unpaired) electrons. The Morgan fingerprint density at radius 1 is 1.22 bits per heavy atom. The number of piperazine rings is 1. The van der Waals surface area contributed by atoms with Crippen LogP contribution in [0.4, 0.5) is 0 Å². The normalized spacial score (nSPS) is 28.8. The average molecular weight is 317 g/mol. The van der Waals surface area contributed by atoms with Crippen LogP contribution in [0.15, 0.2) is 6.20 Å². The van der Waals surface area contributed by atoms with E-state index in [1.54, 1.807) is 6.20 Å². The van der Waals surface area contributed by atoms with E-state index in [2.05, 4.69) is 26.7 Å². The first-order valence-electron chi connectivity index (χ1n) is 9.01. The Morgan fingerprint density at radius 2 is 2.04 bits per heavy atom. The van der Waals surface area contributed by atoms with Gasteiger partial charge in [0, 0.05) is 51.7 Å². The van der Waals surface area contributed by atoms with Crippen molar-refractivity contribution in [2.45, 2.75) is 38.8 Å². The van der Waals surface area contributed by atoms with Crippen LogP contribution < -0.4 is 5.32 Å². The first-order chi connectivity index (χ1) is 11.2. The van der Waals surface area contributed by atoms with Crippen LogP contribution in [0.1, 0.15) is 36.1 Å². The SMILES string of the molecule is CC1CCn2c(C(=O)N3CCN(C4CCNC4)CC3)cnc2C1. The highest BCUT2D eigenvalue weighted by Gasteiger charge is 2.30. The topological polar surface area (TPSA) is 53.4 Å². The summed E-state index contributed by atoms with van der Waals surface area (Å²) in [7, 11) is 0. The van der Waals surface area contributed by atoms with Gasteiger partial charge in [0.05, 0.1) is 6.20 Å². The molecule has 4 rings (SSSR count). The van der Waals surface area contributed by atoms with Gasteiger partial charge in [-0.2, -0.15) is 0 Å². The third-order valence-electron chi connectivity index (χ3n) is 5.69. The number of carbonyl (C=O) groups is 1. The summed E-state index contributed by atoms with van der Waals surface area (Å²) in [5.41, 5.74) is 0.794. The Bertz CT molecular complexity index is 570. The molecule has 1 aromatic heterocycles. The van der Waals surface area contributed by atoms with Gasteiger partial charge in [0.1, 0.15) is 11.5 Å². The zero-order valence-electron chi connectivity index (χ0n) is 14.0. The number of amides is 1. The first-order valence-corrected chi connectivity index (χ1v) is 9.01. The number of imidazole rings is 1. The van der Waals surface area contributed by atoms with Crippen molar-refractivity contribution in [2.75, 3.05) is 39.3 Å². The second kappa shape index (κ2) is 6.24. The summed E-state index contributed by atoms with van der Waals surface area (Å²) in [5, 5.41) is 3.43. The molecule has 3 aliphatic heterocycles. The number of hydrogen-bond acceptors (Lipinski definition) is 4. The summed E-state index contributed by atoms with van der Waals surface area (Å²) in [6, 6.07) is 0.663. The van der Waals surface area contributed by atoms with Crippen LogP contribution in [0, 0.1) is 5.92 Å². The largest absolute Gasteiger partial charge is 0.335 e. The first kappa shape index (κ1) is 15.1.